The fourth-order valence-electron chi connectivity index (χ4n) is 1.93. The highest BCUT2D eigenvalue weighted by Gasteiger charge is 2.21. The van der Waals surface area contributed by atoms with Crippen molar-refractivity contribution in [1.82, 2.24) is 10.2 Å². The van der Waals surface area contributed by atoms with E-state index in [0.29, 0.717) is 5.75 Å². The van der Waals surface area contributed by atoms with Crippen LogP contribution in [0.1, 0.15) is 19.8 Å². The Balaban J connectivity index is 2.31. The van der Waals surface area contributed by atoms with E-state index in [1.807, 2.05) is 0 Å². The van der Waals surface area contributed by atoms with Crippen LogP contribution in [0.25, 0.3) is 0 Å². The zero-order valence-corrected chi connectivity index (χ0v) is 11.4. The van der Waals surface area contributed by atoms with E-state index < -0.39 is 28.7 Å². The number of hydrogen-bond donors (Lipinski definition) is 2. The highest BCUT2D eigenvalue weighted by atomic mass is 32.2. The number of nitrogens with one attached hydrogen (secondary N) is 1. The normalized spacial score (nSPS) is 19.4. The molecule has 7 heteroatoms. The Kier molecular flexibility index (Phi) is 6.28. The van der Waals surface area contributed by atoms with Crippen molar-refractivity contribution in [3.8, 4) is 0 Å². The van der Waals surface area contributed by atoms with Gasteiger partial charge in [0, 0.05) is 30.0 Å². The number of carboxylic acid groups (broad SMARTS) is 1. The predicted molar refractivity (Wildman–Crippen MR) is 68.8 cm³/mol. The van der Waals surface area contributed by atoms with Gasteiger partial charge in [-0.15, -0.1) is 0 Å². The first-order valence-electron chi connectivity index (χ1n) is 6.06. The van der Waals surface area contributed by atoms with Crippen molar-refractivity contribution in [2.75, 3.05) is 31.1 Å². The third kappa shape index (κ3) is 5.59. The fourth-order valence-corrected chi connectivity index (χ4v) is 3.15. The van der Waals surface area contributed by atoms with Gasteiger partial charge in [-0.1, -0.05) is 0 Å². The number of rotatable bonds is 7. The zero-order chi connectivity index (χ0) is 13.5. The third-order valence-electron chi connectivity index (χ3n) is 2.86. The van der Waals surface area contributed by atoms with Crippen LogP contribution in [0.3, 0.4) is 0 Å². The van der Waals surface area contributed by atoms with E-state index in [0.717, 1.165) is 19.6 Å². The van der Waals surface area contributed by atoms with Gasteiger partial charge in [-0.3, -0.25) is 9.00 Å². The number of aliphatic carboxylic acids is 1. The largest absolute Gasteiger partial charge is 0.480 e. The van der Waals surface area contributed by atoms with Crippen LogP contribution in [-0.4, -0.2) is 63.3 Å². The quantitative estimate of drug-likeness (QED) is 0.650. The summed E-state index contributed by atoms with van der Waals surface area (Å²) < 4.78 is 11.8. The third-order valence-corrected chi connectivity index (χ3v) is 4.21. The highest BCUT2D eigenvalue weighted by molar-refractivity contribution is 7.85. The molecule has 1 saturated heterocycles. The van der Waals surface area contributed by atoms with Crippen LogP contribution in [0.15, 0.2) is 0 Å². The topological polar surface area (TPSA) is 86.7 Å². The predicted octanol–water partition coefficient (Wildman–Crippen LogP) is -0.580. The SMILES string of the molecule is CC(=O)NC(CS(=O)CCN1CCCC1)C(=O)O. The molecule has 0 saturated carbocycles. The zero-order valence-electron chi connectivity index (χ0n) is 10.6. The maximum atomic E-state index is 11.8. The minimum atomic E-state index is -1.22. The summed E-state index contributed by atoms with van der Waals surface area (Å²) in [6.07, 6.45) is 2.35. The summed E-state index contributed by atoms with van der Waals surface area (Å²) in [6.45, 7) is 4.05. The number of carbonyl (C=O) groups is 2. The summed E-state index contributed by atoms with van der Waals surface area (Å²) in [5, 5.41) is 11.2. The number of hydrogen-bond acceptors (Lipinski definition) is 4. The summed E-state index contributed by atoms with van der Waals surface area (Å²) in [6, 6.07) is -1.05. The van der Waals surface area contributed by atoms with Crippen LogP contribution in [-0.2, 0) is 20.4 Å². The van der Waals surface area contributed by atoms with Crippen molar-refractivity contribution in [2.45, 2.75) is 25.8 Å². The van der Waals surface area contributed by atoms with Gasteiger partial charge in [0.1, 0.15) is 6.04 Å². The first-order valence-corrected chi connectivity index (χ1v) is 7.55. The van der Waals surface area contributed by atoms with Gasteiger partial charge in [0.15, 0.2) is 0 Å². The Morgan fingerprint density at radius 3 is 2.50 bits per heavy atom. The molecule has 0 aromatic carbocycles. The van der Waals surface area contributed by atoms with E-state index >= 15 is 0 Å². The first-order chi connectivity index (χ1) is 8.49. The van der Waals surface area contributed by atoms with E-state index in [2.05, 4.69) is 10.2 Å². The monoisotopic (exact) mass is 276 g/mol. The molecular weight excluding hydrogens is 256 g/mol. The molecule has 1 rings (SSSR count). The molecule has 1 fully saturated rings. The lowest BCUT2D eigenvalue weighted by Gasteiger charge is -2.16. The van der Waals surface area contributed by atoms with Gasteiger partial charge in [-0.05, 0) is 25.9 Å². The van der Waals surface area contributed by atoms with Crippen LogP contribution in [0.4, 0.5) is 0 Å². The summed E-state index contributed by atoms with van der Waals surface area (Å²) in [5.41, 5.74) is 0. The molecule has 18 heavy (non-hydrogen) atoms. The summed E-state index contributed by atoms with van der Waals surface area (Å²) in [4.78, 5) is 23.9. The Labute approximate surface area is 109 Å². The molecule has 6 nitrogen and oxygen atoms in total. The number of nitrogens with zero attached hydrogens (tertiary/aromatic N) is 1. The molecule has 104 valence electrons. The average molecular weight is 276 g/mol. The Morgan fingerprint density at radius 2 is 2.00 bits per heavy atom. The molecule has 0 spiro atoms. The molecule has 2 atom stereocenters. The number of carbonyl (C=O) groups excluding carboxylic acids is 1. The van der Waals surface area contributed by atoms with Gasteiger partial charge in [0.2, 0.25) is 5.91 Å². The lowest BCUT2D eigenvalue weighted by molar-refractivity contribution is -0.140. The van der Waals surface area contributed by atoms with Crippen LogP contribution in [0.2, 0.25) is 0 Å². The molecule has 0 aromatic heterocycles. The molecule has 0 aromatic rings. The van der Waals surface area contributed by atoms with Crippen molar-refractivity contribution < 1.29 is 18.9 Å². The molecule has 1 heterocycles. The van der Waals surface area contributed by atoms with Crippen molar-refractivity contribution in [2.24, 2.45) is 0 Å². The lowest BCUT2D eigenvalue weighted by atomic mass is 10.3. The molecule has 1 amide bonds. The second-order valence-electron chi connectivity index (χ2n) is 4.45. The maximum Gasteiger partial charge on any atom is 0.327 e. The Morgan fingerprint density at radius 1 is 1.39 bits per heavy atom. The molecule has 0 bridgehead atoms. The van der Waals surface area contributed by atoms with Crippen LogP contribution < -0.4 is 5.32 Å². The van der Waals surface area contributed by atoms with Crippen LogP contribution in [0, 0.1) is 0 Å². The fraction of sp³-hybridized carbons (Fsp3) is 0.818. The van der Waals surface area contributed by atoms with Crippen LogP contribution in [0.5, 0.6) is 0 Å². The molecule has 1 aliphatic rings. The van der Waals surface area contributed by atoms with Crippen molar-refractivity contribution in [1.29, 1.82) is 0 Å². The molecule has 2 unspecified atom stereocenters. The second kappa shape index (κ2) is 7.48. The van der Waals surface area contributed by atoms with Gasteiger partial charge in [0.25, 0.3) is 0 Å². The van der Waals surface area contributed by atoms with E-state index in [9.17, 15) is 13.8 Å². The van der Waals surface area contributed by atoms with Crippen molar-refractivity contribution in [3.05, 3.63) is 0 Å². The van der Waals surface area contributed by atoms with Crippen molar-refractivity contribution in [3.63, 3.8) is 0 Å². The summed E-state index contributed by atoms with van der Waals surface area (Å²) in [7, 11) is -1.22. The number of likely N-dealkylation sites (tertiary alicyclic amines) is 1. The summed E-state index contributed by atoms with van der Waals surface area (Å²) >= 11 is 0. The number of carboxylic acids is 1. The Bertz CT molecular complexity index is 329. The number of amides is 1. The van der Waals surface area contributed by atoms with Gasteiger partial charge in [0.05, 0.1) is 5.75 Å². The van der Waals surface area contributed by atoms with E-state index in [-0.39, 0.29) is 5.75 Å². The van der Waals surface area contributed by atoms with E-state index in [4.69, 9.17) is 5.11 Å². The van der Waals surface area contributed by atoms with E-state index in [1.165, 1.54) is 19.8 Å². The van der Waals surface area contributed by atoms with Gasteiger partial charge < -0.3 is 15.3 Å². The smallest absolute Gasteiger partial charge is 0.327 e. The average Bonchev–Trinajstić information content (AvgIpc) is 2.77. The molecule has 0 radical (unpaired) electrons. The highest BCUT2D eigenvalue weighted by Crippen LogP contribution is 2.06. The van der Waals surface area contributed by atoms with Gasteiger partial charge in [-0.25, -0.2) is 4.79 Å². The molecule has 2 N–H and O–H groups in total. The lowest BCUT2D eigenvalue weighted by Crippen LogP contribution is -2.44. The van der Waals surface area contributed by atoms with Gasteiger partial charge in [-0.2, -0.15) is 0 Å². The summed E-state index contributed by atoms with van der Waals surface area (Å²) in [5.74, 6) is -1.12. The maximum absolute atomic E-state index is 11.8. The standard InChI is InChI=1S/C11H20N2O4S/c1-9(14)12-10(11(15)16)8-18(17)7-6-13-4-2-3-5-13/h10H,2-8H2,1H3,(H,12,14)(H,15,16). The minimum absolute atomic E-state index is 0.0250. The van der Waals surface area contributed by atoms with Gasteiger partial charge >= 0.3 is 5.97 Å². The Hall–Kier alpha value is -0.950. The molecular formula is C11H20N2O4S. The molecule has 0 aliphatic carbocycles. The molecule has 1 aliphatic heterocycles. The minimum Gasteiger partial charge on any atom is -0.480 e. The van der Waals surface area contributed by atoms with E-state index in [1.54, 1.807) is 0 Å². The van der Waals surface area contributed by atoms with Crippen molar-refractivity contribution >= 4 is 22.7 Å². The second-order valence-corrected chi connectivity index (χ2v) is 6.07. The first kappa shape index (κ1) is 15.1. The van der Waals surface area contributed by atoms with Crippen LogP contribution >= 0.6 is 0 Å².